The molecule has 8 heteroatoms. The van der Waals surface area contributed by atoms with Gasteiger partial charge in [0.2, 0.25) is 0 Å². The number of amides is 1. The van der Waals surface area contributed by atoms with Crippen molar-refractivity contribution in [3.8, 4) is 11.5 Å². The number of nitrogens with zero attached hydrogens (tertiary/aromatic N) is 1. The van der Waals surface area contributed by atoms with Crippen molar-refractivity contribution in [3.05, 3.63) is 28.7 Å². The molecule has 2 rings (SSSR count). The fourth-order valence-electron chi connectivity index (χ4n) is 2.58. The third kappa shape index (κ3) is 3.80. The van der Waals surface area contributed by atoms with E-state index in [0.717, 1.165) is 11.8 Å². The second-order valence-corrected chi connectivity index (χ2v) is 7.34. The molecule has 0 unspecified atom stereocenters. The molecular weight excluding hydrogens is 362 g/mol. The van der Waals surface area contributed by atoms with Crippen molar-refractivity contribution < 1.29 is 24.2 Å². The van der Waals surface area contributed by atoms with Gasteiger partial charge in [-0.15, -0.1) is 0 Å². The van der Waals surface area contributed by atoms with Gasteiger partial charge in [-0.05, 0) is 18.1 Å². The summed E-state index contributed by atoms with van der Waals surface area (Å²) in [4.78, 5) is 25.8. The Kier molecular flexibility index (Phi) is 6.07. The van der Waals surface area contributed by atoms with E-state index in [2.05, 4.69) is 0 Å². The van der Waals surface area contributed by atoms with Crippen LogP contribution in [-0.4, -0.2) is 46.5 Å². The highest BCUT2D eigenvalue weighted by molar-refractivity contribution is 8.26. The lowest BCUT2D eigenvalue weighted by molar-refractivity contribution is -0.146. The SMILES string of the molecule is COc1cccc(/C=C2/SC(=S)N([C@@H](C(=O)O)C(C)C)C2=O)c1OC. The average Bonchev–Trinajstić information content (AvgIpc) is 2.82. The third-order valence-electron chi connectivity index (χ3n) is 3.71. The van der Waals surface area contributed by atoms with E-state index < -0.39 is 17.9 Å². The Morgan fingerprint density at radius 1 is 1.32 bits per heavy atom. The van der Waals surface area contributed by atoms with Gasteiger partial charge in [0.05, 0.1) is 19.1 Å². The van der Waals surface area contributed by atoms with Crippen molar-refractivity contribution in [3.63, 3.8) is 0 Å². The molecule has 1 aromatic rings. The number of methoxy groups -OCH3 is 2. The molecule has 1 aromatic carbocycles. The van der Waals surface area contributed by atoms with Crippen LogP contribution >= 0.6 is 24.0 Å². The lowest BCUT2D eigenvalue weighted by atomic mass is 10.0. The molecule has 0 spiro atoms. The van der Waals surface area contributed by atoms with Crippen molar-refractivity contribution in [2.75, 3.05) is 14.2 Å². The number of hydrogen-bond acceptors (Lipinski definition) is 6. The Morgan fingerprint density at radius 2 is 2.00 bits per heavy atom. The van der Waals surface area contributed by atoms with E-state index in [1.165, 1.54) is 19.1 Å². The zero-order chi connectivity index (χ0) is 18.7. The molecule has 1 amide bonds. The molecule has 0 radical (unpaired) electrons. The summed E-state index contributed by atoms with van der Waals surface area (Å²) in [6.45, 7) is 3.48. The largest absolute Gasteiger partial charge is 0.493 e. The van der Waals surface area contributed by atoms with Crippen LogP contribution in [0.2, 0.25) is 0 Å². The Morgan fingerprint density at radius 3 is 2.52 bits per heavy atom. The summed E-state index contributed by atoms with van der Waals surface area (Å²) in [5, 5.41) is 9.45. The summed E-state index contributed by atoms with van der Waals surface area (Å²) in [5.41, 5.74) is 0.652. The smallest absolute Gasteiger partial charge is 0.327 e. The molecule has 1 fully saturated rings. The highest BCUT2D eigenvalue weighted by Gasteiger charge is 2.42. The standard InChI is InChI=1S/C17H19NO5S2/c1-9(2)13(16(20)21)18-15(19)12(25-17(18)24)8-10-6-5-7-11(22-3)14(10)23-4/h5-9,13H,1-4H3,(H,20,21)/b12-8+/t13-/m1/s1. The van der Waals surface area contributed by atoms with Gasteiger partial charge in [-0.1, -0.05) is 50.0 Å². The number of carboxylic acid groups (broad SMARTS) is 1. The zero-order valence-electron chi connectivity index (χ0n) is 14.3. The van der Waals surface area contributed by atoms with Gasteiger partial charge in [0, 0.05) is 5.56 Å². The van der Waals surface area contributed by atoms with Crippen molar-refractivity contribution in [2.45, 2.75) is 19.9 Å². The number of para-hydroxylation sites is 1. The Balaban J connectivity index is 2.43. The first-order valence-electron chi connectivity index (χ1n) is 7.52. The topological polar surface area (TPSA) is 76.1 Å². The minimum atomic E-state index is -1.08. The first-order chi connectivity index (χ1) is 11.8. The highest BCUT2D eigenvalue weighted by Crippen LogP contribution is 2.38. The fourth-order valence-corrected chi connectivity index (χ4v) is 3.90. The van der Waals surface area contributed by atoms with Gasteiger partial charge in [0.1, 0.15) is 10.4 Å². The van der Waals surface area contributed by atoms with Crippen molar-refractivity contribution in [2.24, 2.45) is 5.92 Å². The first-order valence-corrected chi connectivity index (χ1v) is 8.75. The van der Waals surface area contributed by atoms with Crippen LogP contribution in [0.5, 0.6) is 11.5 Å². The number of carbonyl (C=O) groups excluding carboxylic acids is 1. The van der Waals surface area contributed by atoms with Crippen LogP contribution in [-0.2, 0) is 9.59 Å². The fraction of sp³-hybridized carbons (Fsp3) is 0.353. The number of hydrogen-bond donors (Lipinski definition) is 1. The number of aliphatic carboxylic acids is 1. The molecule has 25 heavy (non-hydrogen) atoms. The summed E-state index contributed by atoms with van der Waals surface area (Å²) in [6.07, 6.45) is 1.64. The van der Waals surface area contributed by atoms with E-state index in [-0.39, 0.29) is 10.2 Å². The zero-order valence-corrected chi connectivity index (χ0v) is 15.9. The Hall–Kier alpha value is -2.06. The predicted molar refractivity (Wildman–Crippen MR) is 101 cm³/mol. The minimum absolute atomic E-state index is 0.235. The maximum atomic E-state index is 12.7. The van der Waals surface area contributed by atoms with Gasteiger partial charge in [0.25, 0.3) is 5.91 Å². The van der Waals surface area contributed by atoms with Crippen molar-refractivity contribution in [1.82, 2.24) is 4.90 Å². The molecule has 1 N–H and O–H groups in total. The molecule has 0 bridgehead atoms. The van der Waals surface area contributed by atoms with Crippen LogP contribution in [0.4, 0.5) is 0 Å². The second kappa shape index (κ2) is 7.88. The minimum Gasteiger partial charge on any atom is -0.493 e. The monoisotopic (exact) mass is 381 g/mol. The van der Waals surface area contributed by atoms with Crippen molar-refractivity contribution in [1.29, 1.82) is 0 Å². The van der Waals surface area contributed by atoms with Crippen LogP contribution < -0.4 is 9.47 Å². The number of thiocarbonyl (C=S) groups is 1. The maximum Gasteiger partial charge on any atom is 0.327 e. The number of carbonyl (C=O) groups is 2. The molecular formula is C17H19NO5S2. The van der Waals surface area contributed by atoms with Gasteiger partial charge >= 0.3 is 5.97 Å². The third-order valence-corrected chi connectivity index (χ3v) is 5.04. The van der Waals surface area contributed by atoms with Gasteiger partial charge in [0.15, 0.2) is 11.5 Å². The van der Waals surface area contributed by atoms with E-state index >= 15 is 0 Å². The number of ether oxygens (including phenoxy) is 2. The molecule has 0 saturated carbocycles. The molecule has 1 aliphatic heterocycles. The number of benzene rings is 1. The van der Waals surface area contributed by atoms with E-state index in [4.69, 9.17) is 21.7 Å². The Bertz CT molecular complexity index is 745. The molecule has 1 atom stereocenters. The van der Waals surface area contributed by atoms with Gasteiger partial charge < -0.3 is 14.6 Å². The van der Waals surface area contributed by atoms with E-state index in [1.807, 2.05) is 0 Å². The predicted octanol–water partition coefficient (Wildman–Crippen LogP) is 3.01. The summed E-state index contributed by atoms with van der Waals surface area (Å²) < 4.78 is 10.8. The molecule has 6 nitrogen and oxygen atoms in total. The van der Waals surface area contributed by atoms with E-state index in [9.17, 15) is 14.7 Å². The summed E-state index contributed by atoms with van der Waals surface area (Å²) in [5.74, 6) is -0.732. The molecule has 1 aliphatic rings. The molecule has 1 heterocycles. The van der Waals surface area contributed by atoms with Gasteiger partial charge in [-0.2, -0.15) is 0 Å². The normalized spacial score (nSPS) is 17.3. The first kappa shape index (κ1) is 19.3. The summed E-state index contributed by atoms with van der Waals surface area (Å²) in [7, 11) is 3.04. The number of thioether (sulfide) groups is 1. The molecule has 134 valence electrons. The lowest BCUT2D eigenvalue weighted by Gasteiger charge is -2.26. The van der Waals surface area contributed by atoms with Crippen LogP contribution in [0.3, 0.4) is 0 Å². The van der Waals surface area contributed by atoms with Crippen LogP contribution in [0.1, 0.15) is 19.4 Å². The highest BCUT2D eigenvalue weighted by atomic mass is 32.2. The summed E-state index contributed by atoms with van der Waals surface area (Å²) >= 11 is 6.33. The second-order valence-electron chi connectivity index (χ2n) is 5.66. The summed E-state index contributed by atoms with van der Waals surface area (Å²) in [6, 6.07) is 4.32. The molecule has 0 aliphatic carbocycles. The van der Waals surface area contributed by atoms with Crippen LogP contribution in [0.25, 0.3) is 6.08 Å². The maximum absolute atomic E-state index is 12.7. The van der Waals surface area contributed by atoms with Crippen LogP contribution in [0, 0.1) is 5.92 Å². The van der Waals surface area contributed by atoms with Gasteiger partial charge in [-0.25, -0.2) is 4.79 Å². The number of carboxylic acids is 1. The molecule has 0 aromatic heterocycles. The van der Waals surface area contributed by atoms with E-state index in [1.54, 1.807) is 38.1 Å². The molecule has 1 saturated heterocycles. The van der Waals surface area contributed by atoms with Gasteiger partial charge in [-0.3, -0.25) is 9.69 Å². The number of rotatable bonds is 6. The van der Waals surface area contributed by atoms with E-state index in [0.29, 0.717) is 22.0 Å². The Labute approximate surface area is 155 Å². The van der Waals surface area contributed by atoms with Crippen LogP contribution in [0.15, 0.2) is 23.1 Å². The quantitative estimate of drug-likeness (QED) is 0.599. The average molecular weight is 381 g/mol. The van der Waals surface area contributed by atoms with Crippen molar-refractivity contribution >= 4 is 46.3 Å². The lowest BCUT2D eigenvalue weighted by Crippen LogP contribution is -2.47.